The van der Waals surface area contributed by atoms with Crippen LogP contribution in [-0.4, -0.2) is 43.6 Å². The molecule has 114 valence electrons. The van der Waals surface area contributed by atoms with Crippen LogP contribution in [0.25, 0.3) is 0 Å². The van der Waals surface area contributed by atoms with Gasteiger partial charge in [-0.25, -0.2) is 4.39 Å². The Morgan fingerprint density at radius 2 is 2.14 bits per heavy atom. The lowest BCUT2D eigenvalue weighted by molar-refractivity contribution is -0.118. The van der Waals surface area contributed by atoms with Gasteiger partial charge in [0.1, 0.15) is 18.2 Å². The number of carbonyl (C=O) groups excluding carboxylic acids is 1. The Morgan fingerprint density at radius 3 is 2.86 bits per heavy atom. The average molecular weight is 292 g/mol. The van der Waals surface area contributed by atoms with Crippen molar-refractivity contribution < 1.29 is 13.9 Å². The molecule has 0 saturated carbocycles. The molecule has 0 radical (unpaired) electrons. The molecule has 1 aromatic rings. The van der Waals surface area contributed by atoms with Gasteiger partial charge in [0.05, 0.1) is 0 Å². The van der Waals surface area contributed by atoms with Crippen molar-refractivity contribution in [3.63, 3.8) is 0 Å². The van der Waals surface area contributed by atoms with Crippen molar-refractivity contribution in [1.82, 2.24) is 10.2 Å². The summed E-state index contributed by atoms with van der Waals surface area (Å²) in [6.07, 6.45) is 3.18. The molecule has 0 atom stereocenters. The third-order valence-corrected chi connectivity index (χ3v) is 3.36. The number of benzene rings is 1. The van der Waals surface area contributed by atoms with E-state index < -0.39 is 0 Å². The largest absolute Gasteiger partial charge is 0.492 e. The van der Waals surface area contributed by atoms with E-state index in [4.69, 9.17) is 4.74 Å². The van der Waals surface area contributed by atoms with E-state index in [1.54, 1.807) is 12.1 Å². The third kappa shape index (κ3) is 5.55. The SMILES string of the molecule is CC(=O)NCC1=CCCN(CCOc2ccc(F)cc2)C1. The second-order valence-electron chi connectivity index (χ2n) is 5.14. The lowest BCUT2D eigenvalue weighted by Crippen LogP contribution is -2.36. The number of rotatable bonds is 6. The van der Waals surface area contributed by atoms with Gasteiger partial charge in [-0.1, -0.05) is 6.08 Å². The number of amides is 1. The van der Waals surface area contributed by atoms with E-state index in [9.17, 15) is 9.18 Å². The van der Waals surface area contributed by atoms with E-state index in [1.807, 2.05) is 0 Å². The Morgan fingerprint density at radius 1 is 1.38 bits per heavy atom. The molecule has 0 bridgehead atoms. The van der Waals surface area contributed by atoms with Gasteiger partial charge in [0, 0.05) is 33.1 Å². The molecule has 0 aromatic heterocycles. The minimum Gasteiger partial charge on any atom is -0.492 e. The quantitative estimate of drug-likeness (QED) is 0.815. The van der Waals surface area contributed by atoms with E-state index in [0.717, 1.165) is 26.1 Å². The smallest absolute Gasteiger partial charge is 0.217 e. The predicted octanol–water partition coefficient (Wildman–Crippen LogP) is 1.97. The number of ether oxygens (including phenoxy) is 1. The molecule has 0 aliphatic carbocycles. The molecule has 1 aliphatic rings. The molecule has 0 fully saturated rings. The highest BCUT2D eigenvalue weighted by Crippen LogP contribution is 2.12. The van der Waals surface area contributed by atoms with Gasteiger partial charge in [0.15, 0.2) is 0 Å². The molecule has 21 heavy (non-hydrogen) atoms. The maximum Gasteiger partial charge on any atom is 0.217 e. The normalized spacial score (nSPS) is 15.4. The molecular weight excluding hydrogens is 271 g/mol. The van der Waals surface area contributed by atoms with Crippen LogP contribution in [0.5, 0.6) is 5.75 Å². The van der Waals surface area contributed by atoms with Gasteiger partial charge >= 0.3 is 0 Å². The summed E-state index contributed by atoms with van der Waals surface area (Å²) in [6, 6.07) is 6.05. The minimum atomic E-state index is -0.258. The summed E-state index contributed by atoms with van der Waals surface area (Å²) < 4.78 is 18.4. The second-order valence-corrected chi connectivity index (χ2v) is 5.14. The van der Waals surface area contributed by atoms with Crippen LogP contribution in [0.2, 0.25) is 0 Å². The molecule has 1 heterocycles. The lowest BCUT2D eigenvalue weighted by Gasteiger charge is -2.27. The van der Waals surface area contributed by atoms with Crippen molar-refractivity contribution in [1.29, 1.82) is 0 Å². The van der Waals surface area contributed by atoms with Crippen LogP contribution < -0.4 is 10.1 Å². The number of halogens is 1. The minimum absolute atomic E-state index is 0.00679. The zero-order valence-corrected chi connectivity index (χ0v) is 12.3. The number of nitrogens with one attached hydrogen (secondary N) is 1. The number of nitrogens with zero attached hydrogens (tertiary/aromatic N) is 1. The number of hydrogen-bond acceptors (Lipinski definition) is 3. The summed E-state index contributed by atoms with van der Waals surface area (Å²) in [5.41, 5.74) is 1.23. The summed E-state index contributed by atoms with van der Waals surface area (Å²) in [4.78, 5) is 13.2. The van der Waals surface area contributed by atoms with Gasteiger partial charge in [-0.15, -0.1) is 0 Å². The van der Waals surface area contributed by atoms with E-state index in [0.29, 0.717) is 18.9 Å². The Labute approximate surface area is 124 Å². The number of carbonyl (C=O) groups is 1. The molecule has 2 rings (SSSR count). The molecule has 1 aliphatic heterocycles. The summed E-state index contributed by atoms with van der Waals surface area (Å²) in [6.45, 7) is 5.37. The Hall–Kier alpha value is -1.88. The first-order valence-corrected chi connectivity index (χ1v) is 7.16. The van der Waals surface area contributed by atoms with E-state index in [-0.39, 0.29) is 11.7 Å². The summed E-state index contributed by atoms with van der Waals surface area (Å²) in [5.74, 6) is 0.418. The second kappa shape index (κ2) is 7.78. The third-order valence-electron chi connectivity index (χ3n) is 3.36. The first-order chi connectivity index (χ1) is 10.1. The fraction of sp³-hybridized carbons (Fsp3) is 0.438. The van der Waals surface area contributed by atoms with Crippen molar-refractivity contribution in [2.24, 2.45) is 0 Å². The van der Waals surface area contributed by atoms with Crippen molar-refractivity contribution in [3.8, 4) is 5.75 Å². The zero-order valence-electron chi connectivity index (χ0n) is 12.3. The highest BCUT2D eigenvalue weighted by molar-refractivity contribution is 5.73. The molecule has 0 unspecified atom stereocenters. The average Bonchev–Trinajstić information content (AvgIpc) is 2.48. The lowest BCUT2D eigenvalue weighted by atomic mass is 10.1. The Bertz CT molecular complexity index is 500. The number of hydrogen-bond donors (Lipinski definition) is 1. The fourth-order valence-corrected chi connectivity index (χ4v) is 2.26. The highest BCUT2D eigenvalue weighted by Gasteiger charge is 2.12. The topological polar surface area (TPSA) is 41.6 Å². The summed E-state index contributed by atoms with van der Waals surface area (Å²) in [5, 5.41) is 2.82. The summed E-state index contributed by atoms with van der Waals surface area (Å²) in [7, 11) is 0. The standard InChI is InChI=1S/C16H21FN2O2/c1-13(20)18-11-14-3-2-8-19(12-14)9-10-21-16-6-4-15(17)5-7-16/h3-7H,2,8-12H2,1H3,(H,18,20). The van der Waals surface area contributed by atoms with Crippen LogP contribution in [0.4, 0.5) is 4.39 Å². The molecule has 1 N–H and O–H groups in total. The van der Waals surface area contributed by atoms with Gasteiger partial charge in [0.25, 0.3) is 0 Å². The Kier molecular flexibility index (Phi) is 5.75. The van der Waals surface area contributed by atoms with Gasteiger partial charge < -0.3 is 10.1 Å². The molecule has 1 amide bonds. The summed E-state index contributed by atoms with van der Waals surface area (Å²) >= 11 is 0. The van der Waals surface area contributed by atoms with Crippen molar-refractivity contribution in [2.45, 2.75) is 13.3 Å². The van der Waals surface area contributed by atoms with Gasteiger partial charge in [-0.2, -0.15) is 0 Å². The van der Waals surface area contributed by atoms with Gasteiger partial charge in [-0.3, -0.25) is 9.69 Å². The maximum atomic E-state index is 12.8. The van der Waals surface area contributed by atoms with E-state index in [2.05, 4.69) is 16.3 Å². The van der Waals surface area contributed by atoms with Crippen LogP contribution in [0.15, 0.2) is 35.9 Å². The highest BCUT2D eigenvalue weighted by atomic mass is 19.1. The molecule has 1 aromatic carbocycles. The van der Waals surface area contributed by atoms with E-state index >= 15 is 0 Å². The molecule has 0 saturated heterocycles. The van der Waals surface area contributed by atoms with Crippen LogP contribution >= 0.6 is 0 Å². The molecule has 0 spiro atoms. The fourth-order valence-electron chi connectivity index (χ4n) is 2.26. The molecule has 5 heteroatoms. The van der Waals surface area contributed by atoms with Crippen LogP contribution in [0.3, 0.4) is 0 Å². The monoisotopic (exact) mass is 292 g/mol. The van der Waals surface area contributed by atoms with Crippen LogP contribution in [-0.2, 0) is 4.79 Å². The van der Waals surface area contributed by atoms with Crippen molar-refractivity contribution in [2.75, 3.05) is 32.8 Å². The van der Waals surface area contributed by atoms with Gasteiger partial charge in [-0.05, 0) is 36.3 Å². The van der Waals surface area contributed by atoms with Crippen molar-refractivity contribution in [3.05, 3.63) is 41.7 Å². The predicted molar refractivity (Wildman–Crippen MR) is 79.7 cm³/mol. The maximum absolute atomic E-state index is 12.8. The van der Waals surface area contributed by atoms with E-state index in [1.165, 1.54) is 24.6 Å². The van der Waals surface area contributed by atoms with Crippen LogP contribution in [0.1, 0.15) is 13.3 Å². The first-order valence-electron chi connectivity index (χ1n) is 7.16. The van der Waals surface area contributed by atoms with Crippen LogP contribution in [0, 0.1) is 5.82 Å². The molecular formula is C16H21FN2O2. The Balaban J connectivity index is 1.70. The first kappa shape index (κ1) is 15.5. The molecule has 4 nitrogen and oxygen atoms in total. The van der Waals surface area contributed by atoms with Gasteiger partial charge in [0.2, 0.25) is 5.91 Å². The van der Waals surface area contributed by atoms with Crippen molar-refractivity contribution >= 4 is 5.91 Å². The zero-order chi connectivity index (χ0) is 15.1.